The van der Waals surface area contributed by atoms with Gasteiger partial charge in [-0.05, 0) is 115 Å². The summed E-state index contributed by atoms with van der Waals surface area (Å²) in [5.41, 5.74) is 0. The fraction of sp³-hybridized carbons (Fsp3) is 0.726. The number of likely N-dealkylation sites (N-methyl/N-ethyl adjacent to an activating group) is 1. The lowest BCUT2D eigenvalue weighted by atomic mass is 10.0. The van der Waals surface area contributed by atoms with Crippen molar-refractivity contribution in [2.45, 2.75) is 303 Å². The molecule has 0 bridgehead atoms. The van der Waals surface area contributed by atoms with Crippen molar-refractivity contribution < 1.29 is 37.3 Å². The van der Waals surface area contributed by atoms with E-state index in [4.69, 9.17) is 13.8 Å². The van der Waals surface area contributed by atoms with Gasteiger partial charge in [-0.3, -0.25) is 14.2 Å². The number of ether oxygens (including phenoxy) is 1. The minimum atomic E-state index is -4.71. The number of hydrogen-bond donors (Lipinski definition) is 1. The quantitative estimate of drug-likeness (QED) is 0.0212. The monoisotopic (exact) mass is 1180 g/mol. The molecule has 10 heteroatoms. The van der Waals surface area contributed by atoms with Crippen LogP contribution in [0, 0.1) is 0 Å². The van der Waals surface area contributed by atoms with Crippen LogP contribution in [0.5, 0.6) is 0 Å². The molecule has 0 aromatic carbocycles. The lowest BCUT2D eigenvalue weighted by Crippen LogP contribution is -2.47. The van der Waals surface area contributed by atoms with Crippen LogP contribution in [0.2, 0.25) is 0 Å². The van der Waals surface area contributed by atoms with Crippen molar-refractivity contribution in [1.82, 2.24) is 5.32 Å². The highest BCUT2D eigenvalue weighted by molar-refractivity contribution is 7.45. The van der Waals surface area contributed by atoms with E-state index < -0.39 is 26.6 Å². The zero-order valence-corrected chi connectivity index (χ0v) is 55.5. The van der Waals surface area contributed by atoms with Gasteiger partial charge in [0, 0.05) is 12.8 Å². The van der Waals surface area contributed by atoms with Gasteiger partial charge in [-0.1, -0.05) is 272 Å². The third-order valence-electron chi connectivity index (χ3n) is 14.7. The molecule has 0 fully saturated rings. The van der Waals surface area contributed by atoms with Gasteiger partial charge in [0.1, 0.15) is 19.3 Å². The summed E-state index contributed by atoms with van der Waals surface area (Å²) in [7, 11) is 1.16. The Kier molecular flexibility index (Phi) is 59.3. The van der Waals surface area contributed by atoms with Crippen molar-refractivity contribution in [2.24, 2.45) is 0 Å². The Morgan fingerprint density at radius 1 is 0.434 bits per heavy atom. The van der Waals surface area contributed by atoms with Crippen molar-refractivity contribution in [3.8, 4) is 0 Å². The zero-order valence-electron chi connectivity index (χ0n) is 54.6. The summed E-state index contributed by atoms with van der Waals surface area (Å²) in [5, 5.41) is 3.03. The number of quaternary nitrogens is 1. The molecule has 1 N–H and O–H groups in total. The predicted molar refractivity (Wildman–Crippen MR) is 357 cm³/mol. The number of carbonyl (C=O) groups is 2. The van der Waals surface area contributed by atoms with Crippen LogP contribution in [0.25, 0.3) is 0 Å². The lowest BCUT2D eigenvalue weighted by Gasteiger charge is -2.30. The van der Waals surface area contributed by atoms with Crippen LogP contribution >= 0.6 is 7.82 Å². The molecule has 0 aliphatic carbocycles. The van der Waals surface area contributed by atoms with E-state index in [2.05, 4.69) is 123 Å². The van der Waals surface area contributed by atoms with Crippen molar-refractivity contribution in [2.75, 3.05) is 40.9 Å². The Balaban J connectivity index is 5.13. The van der Waals surface area contributed by atoms with E-state index in [1.807, 2.05) is 33.3 Å². The van der Waals surface area contributed by atoms with Gasteiger partial charge in [0.05, 0.1) is 33.8 Å². The van der Waals surface area contributed by atoms with E-state index in [9.17, 15) is 19.0 Å². The Bertz CT molecular complexity index is 1790. The minimum Gasteiger partial charge on any atom is -0.756 e. The first-order valence-electron chi connectivity index (χ1n) is 34.2. The molecule has 0 rings (SSSR count). The van der Waals surface area contributed by atoms with Crippen LogP contribution in [0.4, 0.5) is 0 Å². The summed E-state index contributed by atoms with van der Waals surface area (Å²) >= 11 is 0. The first-order valence-corrected chi connectivity index (χ1v) is 35.7. The van der Waals surface area contributed by atoms with Gasteiger partial charge in [0.2, 0.25) is 5.91 Å². The highest BCUT2D eigenvalue weighted by Crippen LogP contribution is 2.38. The molecule has 0 aromatic rings. The number of hydrogen-bond acceptors (Lipinski definition) is 7. The smallest absolute Gasteiger partial charge is 0.306 e. The number of nitrogens with one attached hydrogen (secondary N) is 1. The number of phosphoric acid groups is 1. The van der Waals surface area contributed by atoms with E-state index in [-0.39, 0.29) is 24.9 Å². The summed E-state index contributed by atoms with van der Waals surface area (Å²) in [5.74, 6) is -0.562. The average molecular weight is 1180 g/mol. The number of esters is 1. The van der Waals surface area contributed by atoms with Gasteiger partial charge in [-0.15, -0.1) is 0 Å². The SMILES string of the molecule is CC/C=C\C/C=C\C/C=C\C/C=C\C/C=C\C/C=C\CCCCCCCCC(=O)NC(COP(=O)([O-])OCC[N+](C)(C)C)C(/C=C\CCCCCCCCCCC)OC(=O)CCCCCCCCCCCCC/C=C\C/C=C\CCCCC. The molecular formula is C73H129N2O7P. The van der Waals surface area contributed by atoms with Crippen molar-refractivity contribution in [3.63, 3.8) is 0 Å². The van der Waals surface area contributed by atoms with E-state index >= 15 is 0 Å². The number of amides is 1. The molecule has 0 spiro atoms. The first-order chi connectivity index (χ1) is 40.4. The highest BCUT2D eigenvalue weighted by Gasteiger charge is 2.27. The highest BCUT2D eigenvalue weighted by atomic mass is 31.2. The van der Waals surface area contributed by atoms with Crippen LogP contribution in [-0.2, 0) is 27.9 Å². The van der Waals surface area contributed by atoms with E-state index in [1.165, 1.54) is 128 Å². The van der Waals surface area contributed by atoms with Crippen LogP contribution < -0.4 is 10.2 Å². The van der Waals surface area contributed by atoms with E-state index in [1.54, 1.807) is 0 Å². The maximum atomic E-state index is 13.6. The third-order valence-corrected chi connectivity index (χ3v) is 15.7. The van der Waals surface area contributed by atoms with Crippen LogP contribution in [0.1, 0.15) is 290 Å². The van der Waals surface area contributed by atoms with Gasteiger partial charge >= 0.3 is 5.97 Å². The van der Waals surface area contributed by atoms with E-state index in [0.29, 0.717) is 17.4 Å². The second kappa shape index (κ2) is 61.7. The molecule has 0 aliphatic heterocycles. The van der Waals surface area contributed by atoms with Crippen LogP contribution in [0.3, 0.4) is 0 Å². The standard InChI is InChI=1S/C73H129N2O7P/c1-7-10-13-16-19-22-25-27-29-31-33-35-36-37-38-40-41-43-45-47-50-53-56-59-62-65-72(76)74-70(69-81-83(78,79)80-68-67-75(4,5)6)71(64-61-58-55-52-49-24-21-18-15-12-9-3)82-73(77)66-63-60-57-54-51-48-46-44-42-39-34-32-30-28-26-23-20-17-14-11-8-2/h10,13,19-20,22-23,27-30,33,35,37-38,41,43,61,64,70-71H,7-9,11-12,14-18,21,24-26,31-32,34,36,39-40,42,44-60,62-63,65-69H2,1-6H3,(H-,74,76,78,79)/b13-10-,22-19-,23-20-,29-27-,30-28-,35-33-,38-37-,43-41-,64-61-. The molecule has 0 saturated heterocycles. The average Bonchev–Trinajstić information content (AvgIpc) is 3.51. The number of carbonyl (C=O) groups excluding carboxylic acids is 2. The largest absolute Gasteiger partial charge is 0.756 e. The third kappa shape index (κ3) is 63.0. The molecule has 0 radical (unpaired) electrons. The summed E-state index contributed by atoms with van der Waals surface area (Å²) in [6.07, 6.45) is 84.9. The number of phosphoric ester groups is 1. The second-order valence-electron chi connectivity index (χ2n) is 23.9. The number of nitrogens with zero attached hydrogens (tertiary/aromatic N) is 1. The topological polar surface area (TPSA) is 114 Å². The van der Waals surface area contributed by atoms with Gasteiger partial charge < -0.3 is 28.5 Å². The maximum Gasteiger partial charge on any atom is 0.306 e. The molecule has 1 amide bonds. The van der Waals surface area contributed by atoms with Gasteiger partial charge in [0.15, 0.2) is 0 Å². The minimum absolute atomic E-state index is 0.0306. The molecule has 478 valence electrons. The molecule has 83 heavy (non-hydrogen) atoms. The summed E-state index contributed by atoms with van der Waals surface area (Å²) in [6, 6.07) is -0.904. The van der Waals surface area contributed by atoms with Crippen molar-refractivity contribution in [3.05, 3.63) is 109 Å². The van der Waals surface area contributed by atoms with Crippen molar-refractivity contribution in [1.29, 1.82) is 0 Å². The molecule has 9 nitrogen and oxygen atoms in total. The van der Waals surface area contributed by atoms with Crippen LogP contribution in [-0.4, -0.2) is 69.4 Å². The van der Waals surface area contributed by atoms with Gasteiger partial charge in [-0.2, -0.15) is 0 Å². The fourth-order valence-corrected chi connectivity index (χ4v) is 10.2. The molecule has 0 aliphatic rings. The number of allylic oxidation sites excluding steroid dienone is 17. The molecule has 0 heterocycles. The van der Waals surface area contributed by atoms with Gasteiger partial charge in [-0.25, -0.2) is 0 Å². The Morgan fingerprint density at radius 3 is 1.18 bits per heavy atom. The Labute approximate surface area is 512 Å². The predicted octanol–water partition coefficient (Wildman–Crippen LogP) is 21.0. The lowest BCUT2D eigenvalue weighted by molar-refractivity contribution is -0.870. The number of unbranched alkanes of at least 4 members (excludes halogenated alkanes) is 29. The Morgan fingerprint density at radius 2 is 0.771 bits per heavy atom. The second-order valence-corrected chi connectivity index (χ2v) is 25.4. The normalized spacial score (nSPS) is 14.3. The Hall–Kier alpha value is -3.33. The van der Waals surface area contributed by atoms with Crippen LogP contribution in [0.15, 0.2) is 109 Å². The molecule has 3 atom stereocenters. The summed E-state index contributed by atoms with van der Waals surface area (Å²) in [6.45, 7) is 6.69. The molecule has 0 saturated carbocycles. The van der Waals surface area contributed by atoms with Crippen molar-refractivity contribution >= 4 is 19.7 Å². The summed E-state index contributed by atoms with van der Waals surface area (Å²) in [4.78, 5) is 40.1. The summed E-state index contributed by atoms with van der Waals surface area (Å²) < 4.78 is 30.4. The molecule has 3 unspecified atom stereocenters. The number of rotatable bonds is 61. The van der Waals surface area contributed by atoms with Gasteiger partial charge in [0.25, 0.3) is 7.82 Å². The van der Waals surface area contributed by atoms with E-state index in [0.717, 1.165) is 128 Å². The zero-order chi connectivity index (χ0) is 60.7. The molecule has 0 aromatic heterocycles. The first kappa shape index (κ1) is 79.7. The molecular weight excluding hydrogens is 1050 g/mol. The maximum absolute atomic E-state index is 13.6. The fourth-order valence-electron chi connectivity index (χ4n) is 9.44.